The molecule has 5 atom stereocenters. The lowest BCUT2D eigenvalue weighted by Gasteiger charge is -2.21. The smallest absolute Gasteiger partial charge is 0.462 e. The number of phosphoric ester groups is 2. The highest BCUT2D eigenvalue weighted by atomic mass is 31.2. The third-order valence-electron chi connectivity index (χ3n) is 18.8. The fourth-order valence-electron chi connectivity index (χ4n) is 12.4. The van der Waals surface area contributed by atoms with Crippen molar-refractivity contribution in [1.29, 1.82) is 0 Å². The zero-order valence-corrected chi connectivity index (χ0v) is 66.4. The van der Waals surface area contributed by atoms with E-state index in [1.54, 1.807) is 0 Å². The van der Waals surface area contributed by atoms with Gasteiger partial charge in [-0.15, -0.1) is 0 Å². The van der Waals surface area contributed by atoms with Crippen molar-refractivity contribution < 1.29 is 80.2 Å². The lowest BCUT2D eigenvalue weighted by Crippen LogP contribution is -2.30. The van der Waals surface area contributed by atoms with Gasteiger partial charge in [-0.1, -0.05) is 375 Å². The average molecular weight is 1450 g/mol. The largest absolute Gasteiger partial charge is 0.472 e. The molecule has 0 aliphatic heterocycles. The molecule has 0 aliphatic rings. The summed E-state index contributed by atoms with van der Waals surface area (Å²) in [5, 5.41) is 10.6. The van der Waals surface area contributed by atoms with Crippen molar-refractivity contribution >= 4 is 39.5 Å². The van der Waals surface area contributed by atoms with Crippen LogP contribution in [0.4, 0.5) is 0 Å². The van der Waals surface area contributed by atoms with E-state index < -0.39 is 97.5 Å². The number of hydrogen-bond donors (Lipinski definition) is 3. The molecule has 0 bridgehead atoms. The first-order chi connectivity index (χ1) is 48.0. The second-order valence-electron chi connectivity index (χ2n) is 29.3. The first kappa shape index (κ1) is 97.1. The summed E-state index contributed by atoms with van der Waals surface area (Å²) in [5.74, 6) is -1.40. The number of unbranched alkanes of at least 4 members (excludes halogenated alkanes) is 52. The predicted octanol–water partition coefficient (Wildman–Crippen LogP) is 24.0. The maximum atomic E-state index is 13.1. The average Bonchev–Trinajstić information content (AvgIpc) is 1.18. The molecule has 17 nitrogen and oxygen atoms in total. The van der Waals surface area contributed by atoms with Gasteiger partial charge < -0.3 is 33.8 Å². The van der Waals surface area contributed by atoms with Crippen molar-refractivity contribution in [3.8, 4) is 0 Å². The van der Waals surface area contributed by atoms with Crippen molar-refractivity contribution in [3.05, 3.63) is 0 Å². The quantitative estimate of drug-likeness (QED) is 0.0222. The van der Waals surface area contributed by atoms with Gasteiger partial charge in [0.2, 0.25) is 0 Å². The number of aliphatic hydroxyl groups excluding tert-OH is 1. The molecular formula is C80H156O17P2. The van der Waals surface area contributed by atoms with Gasteiger partial charge in [-0.3, -0.25) is 37.3 Å². The third-order valence-corrected chi connectivity index (χ3v) is 20.7. The van der Waals surface area contributed by atoms with Crippen LogP contribution in [0, 0.1) is 5.92 Å². The van der Waals surface area contributed by atoms with Crippen molar-refractivity contribution in [2.75, 3.05) is 39.6 Å². The molecule has 0 aromatic heterocycles. The number of carbonyl (C=O) groups is 4. The number of ether oxygens (including phenoxy) is 4. The van der Waals surface area contributed by atoms with Crippen molar-refractivity contribution in [2.45, 2.75) is 445 Å². The molecule has 0 saturated heterocycles. The van der Waals surface area contributed by atoms with Gasteiger partial charge in [-0.25, -0.2) is 9.13 Å². The molecule has 0 amide bonds. The lowest BCUT2D eigenvalue weighted by atomic mass is 10.0. The summed E-state index contributed by atoms with van der Waals surface area (Å²) in [4.78, 5) is 73.0. The Morgan fingerprint density at radius 1 is 0.273 bits per heavy atom. The van der Waals surface area contributed by atoms with E-state index in [0.717, 1.165) is 96.3 Å². The Hall–Kier alpha value is -1.94. The van der Waals surface area contributed by atoms with Gasteiger partial charge in [0.15, 0.2) is 12.2 Å². The van der Waals surface area contributed by atoms with E-state index >= 15 is 0 Å². The summed E-state index contributed by atoms with van der Waals surface area (Å²) in [7, 11) is -9.92. The number of hydrogen-bond acceptors (Lipinski definition) is 15. The highest BCUT2D eigenvalue weighted by Gasteiger charge is 2.30. The van der Waals surface area contributed by atoms with Crippen LogP contribution in [0.3, 0.4) is 0 Å². The first-order valence-corrected chi connectivity index (χ1v) is 44.6. The van der Waals surface area contributed by atoms with Crippen LogP contribution in [0.5, 0.6) is 0 Å². The second-order valence-corrected chi connectivity index (χ2v) is 32.2. The van der Waals surface area contributed by atoms with E-state index in [1.807, 2.05) is 0 Å². The maximum absolute atomic E-state index is 13.1. The van der Waals surface area contributed by atoms with E-state index in [-0.39, 0.29) is 25.7 Å². The topological polar surface area (TPSA) is 237 Å². The number of esters is 4. The Balaban J connectivity index is 5.23. The van der Waals surface area contributed by atoms with E-state index in [4.69, 9.17) is 37.0 Å². The van der Waals surface area contributed by atoms with Crippen molar-refractivity contribution in [1.82, 2.24) is 0 Å². The third kappa shape index (κ3) is 74.1. The molecular weight excluding hydrogens is 1290 g/mol. The van der Waals surface area contributed by atoms with Crippen LogP contribution >= 0.6 is 15.6 Å². The highest BCUT2D eigenvalue weighted by molar-refractivity contribution is 7.47. The molecule has 0 aliphatic carbocycles. The molecule has 0 spiro atoms. The Bertz CT molecular complexity index is 1890. The Morgan fingerprint density at radius 2 is 0.465 bits per heavy atom. The van der Waals surface area contributed by atoms with Gasteiger partial charge in [-0.05, 0) is 31.6 Å². The summed E-state index contributed by atoms with van der Waals surface area (Å²) in [6, 6.07) is 0. The van der Waals surface area contributed by atoms with Crippen LogP contribution in [0.25, 0.3) is 0 Å². The van der Waals surface area contributed by atoms with Gasteiger partial charge >= 0.3 is 39.5 Å². The van der Waals surface area contributed by atoms with Gasteiger partial charge in [-0.2, -0.15) is 0 Å². The Morgan fingerprint density at radius 3 is 0.687 bits per heavy atom. The summed E-state index contributed by atoms with van der Waals surface area (Å²) >= 11 is 0. The molecule has 0 saturated carbocycles. The molecule has 588 valence electrons. The highest BCUT2D eigenvalue weighted by Crippen LogP contribution is 2.45. The summed E-state index contributed by atoms with van der Waals surface area (Å²) in [6.45, 7) is 7.27. The van der Waals surface area contributed by atoms with Crippen LogP contribution in [0.2, 0.25) is 0 Å². The monoisotopic (exact) mass is 1450 g/mol. The lowest BCUT2D eigenvalue weighted by molar-refractivity contribution is -0.161. The number of aliphatic hydroxyl groups is 1. The van der Waals surface area contributed by atoms with Crippen LogP contribution in [-0.2, 0) is 65.4 Å². The second kappa shape index (κ2) is 73.0. The summed E-state index contributed by atoms with van der Waals surface area (Å²) < 4.78 is 68.7. The molecule has 0 fully saturated rings. The van der Waals surface area contributed by atoms with Gasteiger partial charge in [0.05, 0.1) is 26.4 Å². The predicted molar refractivity (Wildman–Crippen MR) is 405 cm³/mol. The number of carbonyl (C=O) groups excluding carboxylic acids is 4. The van der Waals surface area contributed by atoms with E-state index in [0.29, 0.717) is 31.6 Å². The molecule has 0 radical (unpaired) electrons. The number of phosphoric acid groups is 2. The minimum Gasteiger partial charge on any atom is -0.462 e. The zero-order chi connectivity index (χ0) is 72.7. The minimum atomic E-state index is -4.96. The molecule has 0 aromatic rings. The van der Waals surface area contributed by atoms with E-state index in [9.17, 15) is 43.2 Å². The van der Waals surface area contributed by atoms with E-state index in [1.165, 1.54) is 244 Å². The van der Waals surface area contributed by atoms with Gasteiger partial charge in [0.1, 0.15) is 19.3 Å². The van der Waals surface area contributed by atoms with Gasteiger partial charge in [0.25, 0.3) is 0 Å². The van der Waals surface area contributed by atoms with Crippen molar-refractivity contribution in [3.63, 3.8) is 0 Å². The number of rotatable bonds is 80. The van der Waals surface area contributed by atoms with Crippen LogP contribution in [0.1, 0.15) is 426 Å². The molecule has 0 rings (SSSR count). The fraction of sp³-hybridized carbons (Fsp3) is 0.950. The van der Waals surface area contributed by atoms with Crippen LogP contribution < -0.4 is 0 Å². The zero-order valence-electron chi connectivity index (χ0n) is 64.6. The molecule has 0 heterocycles. The summed E-state index contributed by atoms with van der Waals surface area (Å²) in [5.41, 5.74) is 0. The van der Waals surface area contributed by atoms with Crippen molar-refractivity contribution in [2.24, 2.45) is 5.92 Å². The normalized spacial score (nSPS) is 13.9. The standard InChI is InChI=1S/C80H156O17P2/c1-6-9-12-15-18-21-24-27-30-32-33-34-36-39-42-45-50-56-61-66-79(84)96-75(69-90-77(82)63-58-53-48-43-40-38-35-31-28-25-22-19-16-13-10-7-2)71-94-98(86,87)92-67-74(81)68-93-99(88,89)95-72-76(70-91-78(83)64-59-54-51-46-47-52-57-62-73(4)5)97-80(85)65-60-55-49-44-41-37-29-26-23-20-17-14-11-8-3/h73-76,81H,6-72H2,1-5H3,(H,86,87)(H,88,89)/t74-,75-,76-/m1/s1. The molecule has 99 heavy (non-hydrogen) atoms. The van der Waals surface area contributed by atoms with Gasteiger partial charge in [0, 0.05) is 25.7 Å². The molecule has 19 heteroatoms. The Labute approximate surface area is 607 Å². The molecule has 2 unspecified atom stereocenters. The minimum absolute atomic E-state index is 0.108. The summed E-state index contributed by atoms with van der Waals surface area (Å²) in [6.07, 6.45) is 63.9. The Kier molecular flexibility index (Phi) is 71.6. The fourth-order valence-corrected chi connectivity index (χ4v) is 14.0. The maximum Gasteiger partial charge on any atom is 0.472 e. The molecule has 3 N–H and O–H groups in total. The molecule has 0 aromatic carbocycles. The van der Waals surface area contributed by atoms with Crippen LogP contribution in [0.15, 0.2) is 0 Å². The SMILES string of the molecule is CCCCCCCCCCCCCCCCCCCCCC(=O)O[C@H](COC(=O)CCCCCCCCCCCCCCCCCC)COP(=O)(O)OC[C@@H](O)COP(=O)(O)OC[C@@H](COC(=O)CCCCCCCCCC(C)C)OC(=O)CCCCCCCCCCCCCCCC. The van der Waals surface area contributed by atoms with Crippen LogP contribution in [-0.4, -0.2) is 96.7 Å². The van der Waals surface area contributed by atoms with E-state index in [2.05, 4.69) is 34.6 Å². The first-order valence-electron chi connectivity index (χ1n) is 41.6.